The van der Waals surface area contributed by atoms with Crippen molar-refractivity contribution in [3.8, 4) is 29.2 Å². The highest BCUT2D eigenvalue weighted by molar-refractivity contribution is 5.84. The molecule has 0 saturated heterocycles. The van der Waals surface area contributed by atoms with Gasteiger partial charge in [-0.15, -0.1) is 0 Å². The third kappa shape index (κ3) is 3.64. The molecule has 0 aliphatic carbocycles. The van der Waals surface area contributed by atoms with Crippen LogP contribution in [0.5, 0.6) is 17.4 Å². The summed E-state index contributed by atoms with van der Waals surface area (Å²) in [6, 6.07) is 11.3. The van der Waals surface area contributed by atoms with Crippen molar-refractivity contribution in [2.24, 2.45) is 0 Å². The van der Waals surface area contributed by atoms with Crippen LogP contribution in [0, 0.1) is 11.8 Å². The Labute approximate surface area is 146 Å². The molecule has 3 aromatic rings. The summed E-state index contributed by atoms with van der Waals surface area (Å²) in [6.07, 6.45) is 1.50. The van der Waals surface area contributed by atoms with Crippen molar-refractivity contribution < 1.29 is 14.2 Å². The first kappa shape index (κ1) is 16.6. The second-order valence-electron chi connectivity index (χ2n) is 5.16. The van der Waals surface area contributed by atoms with Crippen molar-refractivity contribution in [1.29, 1.82) is 0 Å². The second kappa shape index (κ2) is 7.54. The first-order valence-corrected chi connectivity index (χ1v) is 7.86. The lowest BCUT2D eigenvalue weighted by atomic mass is 10.1. The highest BCUT2D eigenvalue weighted by atomic mass is 16.5. The number of methoxy groups -OCH3 is 2. The van der Waals surface area contributed by atoms with E-state index >= 15 is 0 Å². The van der Waals surface area contributed by atoms with Gasteiger partial charge in [0.05, 0.1) is 37.3 Å². The first-order chi connectivity index (χ1) is 12.2. The highest BCUT2D eigenvalue weighted by Crippen LogP contribution is 2.24. The molecule has 0 spiro atoms. The Morgan fingerprint density at radius 1 is 0.960 bits per heavy atom. The van der Waals surface area contributed by atoms with Gasteiger partial charge in [0, 0.05) is 5.56 Å². The maximum absolute atomic E-state index is 5.57. The van der Waals surface area contributed by atoms with Crippen molar-refractivity contribution in [1.82, 2.24) is 9.97 Å². The van der Waals surface area contributed by atoms with Crippen LogP contribution in [-0.2, 0) is 0 Å². The first-order valence-electron chi connectivity index (χ1n) is 7.86. The molecule has 1 aromatic heterocycles. The van der Waals surface area contributed by atoms with Gasteiger partial charge in [-0.2, -0.15) is 0 Å². The molecule has 0 N–H and O–H groups in total. The van der Waals surface area contributed by atoms with Crippen LogP contribution in [0.2, 0.25) is 0 Å². The van der Waals surface area contributed by atoms with E-state index in [-0.39, 0.29) is 0 Å². The fourth-order valence-corrected chi connectivity index (χ4v) is 2.41. The molecule has 126 valence electrons. The number of aromatic nitrogens is 2. The van der Waals surface area contributed by atoms with Crippen LogP contribution in [0.1, 0.15) is 18.1 Å². The van der Waals surface area contributed by atoms with Crippen LogP contribution in [0.15, 0.2) is 42.7 Å². The molecule has 0 bridgehead atoms. The number of ether oxygens (including phenoxy) is 3. The standard InChI is InChI=1S/C20H18N2O3/c1-4-25-20-17-11-14(6-9-18(17)21-13-22-20)5-7-15-12-16(23-2)8-10-19(15)24-3/h6,8-13H,4H2,1-3H3. The summed E-state index contributed by atoms with van der Waals surface area (Å²) in [6.45, 7) is 2.47. The molecule has 0 atom stereocenters. The number of nitrogens with zero attached hydrogens (tertiary/aromatic N) is 2. The van der Waals surface area contributed by atoms with Gasteiger partial charge in [0.25, 0.3) is 0 Å². The van der Waals surface area contributed by atoms with E-state index in [1.54, 1.807) is 14.2 Å². The number of benzene rings is 2. The minimum atomic E-state index is 0.545. The topological polar surface area (TPSA) is 53.5 Å². The molecule has 25 heavy (non-hydrogen) atoms. The molecule has 0 radical (unpaired) electrons. The van der Waals surface area contributed by atoms with Gasteiger partial charge in [0.2, 0.25) is 5.88 Å². The Morgan fingerprint density at radius 2 is 1.84 bits per heavy atom. The van der Waals surface area contributed by atoms with Crippen LogP contribution in [-0.4, -0.2) is 30.8 Å². The maximum atomic E-state index is 5.57. The molecule has 5 heteroatoms. The Hall–Kier alpha value is -3.26. The van der Waals surface area contributed by atoms with Gasteiger partial charge >= 0.3 is 0 Å². The van der Waals surface area contributed by atoms with Crippen LogP contribution in [0.4, 0.5) is 0 Å². The van der Waals surface area contributed by atoms with E-state index in [0.29, 0.717) is 18.2 Å². The molecule has 0 fully saturated rings. The van der Waals surface area contributed by atoms with Gasteiger partial charge in [0.15, 0.2) is 0 Å². The summed E-state index contributed by atoms with van der Waals surface area (Å²) in [5, 5.41) is 0.841. The molecule has 0 amide bonds. The Morgan fingerprint density at radius 3 is 2.60 bits per heavy atom. The molecule has 2 aromatic carbocycles. The van der Waals surface area contributed by atoms with E-state index in [1.165, 1.54) is 6.33 Å². The predicted octanol–water partition coefficient (Wildman–Crippen LogP) is 3.45. The van der Waals surface area contributed by atoms with Crippen molar-refractivity contribution in [3.05, 3.63) is 53.9 Å². The van der Waals surface area contributed by atoms with Gasteiger partial charge < -0.3 is 14.2 Å². The largest absolute Gasteiger partial charge is 0.497 e. The van der Waals surface area contributed by atoms with Crippen LogP contribution >= 0.6 is 0 Å². The zero-order valence-electron chi connectivity index (χ0n) is 14.4. The maximum Gasteiger partial charge on any atom is 0.224 e. The molecule has 0 aliphatic rings. The number of fused-ring (bicyclic) bond motifs is 1. The van der Waals surface area contributed by atoms with Crippen molar-refractivity contribution in [3.63, 3.8) is 0 Å². The molecule has 1 heterocycles. The monoisotopic (exact) mass is 334 g/mol. The smallest absolute Gasteiger partial charge is 0.224 e. The van der Waals surface area contributed by atoms with Gasteiger partial charge in [0.1, 0.15) is 17.8 Å². The summed E-state index contributed by atoms with van der Waals surface area (Å²) in [5.74, 6) is 8.28. The van der Waals surface area contributed by atoms with Crippen LogP contribution in [0.25, 0.3) is 10.9 Å². The quantitative estimate of drug-likeness (QED) is 0.684. The van der Waals surface area contributed by atoms with E-state index < -0.39 is 0 Å². The summed E-state index contributed by atoms with van der Waals surface area (Å²) in [5.41, 5.74) is 2.42. The molecule has 0 aliphatic heterocycles. The normalized spacial score (nSPS) is 10.0. The molecule has 5 nitrogen and oxygen atoms in total. The number of hydrogen-bond donors (Lipinski definition) is 0. The average molecular weight is 334 g/mol. The zero-order chi connectivity index (χ0) is 17.6. The average Bonchev–Trinajstić information content (AvgIpc) is 2.66. The molecular formula is C20H18N2O3. The van der Waals surface area contributed by atoms with Crippen molar-refractivity contribution in [2.45, 2.75) is 6.92 Å². The summed E-state index contributed by atoms with van der Waals surface area (Å²) in [4.78, 5) is 8.45. The van der Waals surface area contributed by atoms with E-state index in [0.717, 1.165) is 27.8 Å². The molecule has 3 rings (SSSR count). The lowest BCUT2D eigenvalue weighted by Gasteiger charge is -2.06. The highest BCUT2D eigenvalue weighted by Gasteiger charge is 2.05. The summed E-state index contributed by atoms with van der Waals surface area (Å²) in [7, 11) is 3.24. The Bertz CT molecular complexity index is 958. The number of hydrogen-bond acceptors (Lipinski definition) is 5. The molecule has 0 saturated carbocycles. The number of rotatable bonds is 4. The Balaban J connectivity index is 2.02. The van der Waals surface area contributed by atoms with Gasteiger partial charge in [-0.05, 0) is 43.3 Å². The third-order valence-electron chi connectivity index (χ3n) is 3.63. The second-order valence-corrected chi connectivity index (χ2v) is 5.16. The minimum absolute atomic E-state index is 0.545. The zero-order valence-corrected chi connectivity index (χ0v) is 14.4. The fourth-order valence-electron chi connectivity index (χ4n) is 2.41. The fraction of sp³-hybridized carbons (Fsp3) is 0.200. The van der Waals surface area contributed by atoms with Crippen molar-refractivity contribution in [2.75, 3.05) is 20.8 Å². The lowest BCUT2D eigenvalue weighted by Crippen LogP contribution is -1.96. The molecular weight excluding hydrogens is 316 g/mol. The lowest BCUT2D eigenvalue weighted by molar-refractivity contribution is 0.331. The minimum Gasteiger partial charge on any atom is -0.497 e. The SMILES string of the molecule is CCOc1ncnc2ccc(C#Cc3cc(OC)ccc3OC)cc12. The van der Waals surface area contributed by atoms with Gasteiger partial charge in [-0.1, -0.05) is 11.8 Å². The van der Waals surface area contributed by atoms with E-state index in [2.05, 4.69) is 21.8 Å². The van der Waals surface area contributed by atoms with E-state index in [4.69, 9.17) is 14.2 Å². The van der Waals surface area contributed by atoms with Crippen LogP contribution < -0.4 is 14.2 Å². The third-order valence-corrected chi connectivity index (χ3v) is 3.63. The van der Waals surface area contributed by atoms with E-state index in [9.17, 15) is 0 Å². The van der Waals surface area contributed by atoms with E-state index in [1.807, 2.05) is 43.3 Å². The van der Waals surface area contributed by atoms with Crippen molar-refractivity contribution >= 4 is 10.9 Å². The van der Waals surface area contributed by atoms with Gasteiger partial charge in [-0.3, -0.25) is 0 Å². The molecule has 0 unspecified atom stereocenters. The van der Waals surface area contributed by atoms with Crippen LogP contribution in [0.3, 0.4) is 0 Å². The summed E-state index contributed by atoms with van der Waals surface area (Å²) >= 11 is 0. The predicted molar refractivity (Wildman–Crippen MR) is 96.2 cm³/mol. The van der Waals surface area contributed by atoms with Gasteiger partial charge in [-0.25, -0.2) is 9.97 Å². The summed E-state index contributed by atoms with van der Waals surface area (Å²) < 4.78 is 16.2. The Kier molecular flexibility index (Phi) is 5.00.